The first-order valence-electron chi connectivity index (χ1n) is 9.08. The fraction of sp³-hybridized carbons (Fsp3) is 0.200. The minimum atomic E-state index is -1.45. The summed E-state index contributed by atoms with van der Waals surface area (Å²) in [6.07, 6.45) is 2.50. The summed E-state index contributed by atoms with van der Waals surface area (Å²) < 4.78 is 26.9. The number of carboxylic acid groups (broad SMARTS) is 1. The molecule has 1 aliphatic heterocycles. The molecule has 31 heavy (non-hydrogen) atoms. The van der Waals surface area contributed by atoms with Gasteiger partial charge in [0.15, 0.2) is 16.0 Å². The standard InChI is InChI=1S/C20H16F2N2O4S3/c21-14-5-4-11(8-15(14)22)12-7-13(30-10-12)9-17-18(26)24(20(29)31-17)23-6-2-1-3-16(25)19(27)28/h4-5,7-10,23H,1-3,6H2,(H,27,28)/b17-9-. The number of benzene rings is 1. The van der Waals surface area contributed by atoms with Crippen molar-refractivity contribution in [2.75, 3.05) is 6.54 Å². The molecule has 3 rings (SSSR count). The molecule has 11 heteroatoms. The SMILES string of the molecule is O=C(O)C(=O)CCCCNN1C(=O)/C(=C/c2cc(-c3ccc(F)c(F)c3)cs2)SC1=S. The number of carboxylic acids is 1. The molecule has 2 heterocycles. The number of thiocarbonyl (C=S) groups is 1. The minimum Gasteiger partial charge on any atom is -0.476 e. The van der Waals surface area contributed by atoms with Crippen molar-refractivity contribution in [2.24, 2.45) is 0 Å². The van der Waals surface area contributed by atoms with Gasteiger partial charge in [-0.15, -0.1) is 11.3 Å². The van der Waals surface area contributed by atoms with Crippen LogP contribution in [0.2, 0.25) is 0 Å². The maximum Gasteiger partial charge on any atom is 0.372 e. The van der Waals surface area contributed by atoms with Crippen LogP contribution in [0.25, 0.3) is 17.2 Å². The van der Waals surface area contributed by atoms with Crippen LogP contribution in [-0.2, 0) is 14.4 Å². The van der Waals surface area contributed by atoms with Crippen molar-refractivity contribution in [2.45, 2.75) is 19.3 Å². The first-order valence-corrected chi connectivity index (χ1v) is 11.2. The fourth-order valence-electron chi connectivity index (χ4n) is 2.70. The molecule has 0 saturated carbocycles. The highest BCUT2D eigenvalue weighted by molar-refractivity contribution is 8.26. The molecule has 0 aliphatic carbocycles. The molecule has 1 fully saturated rings. The number of Topliss-reactive ketones (excluding diaryl/α,β-unsaturated/α-hetero) is 1. The van der Waals surface area contributed by atoms with Crippen LogP contribution in [0.1, 0.15) is 24.1 Å². The largest absolute Gasteiger partial charge is 0.476 e. The van der Waals surface area contributed by atoms with E-state index < -0.39 is 23.4 Å². The summed E-state index contributed by atoms with van der Waals surface area (Å²) in [7, 11) is 0. The number of hydrogen-bond donors (Lipinski definition) is 2. The molecule has 2 N–H and O–H groups in total. The lowest BCUT2D eigenvalue weighted by Gasteiger charge is -2.15. The van der Waals surface area contributed by atoms with E-state index in [-0.39, 0.29) is 12.3 Å². The summed E-state index contributed by atoms with van der Waals surface area (Å²) in [5.41, 5.74) is 4.13. The van der Waals surface area contributed by atoms with Gasteiger partial charge in [-0.3, -0.25) is 9.59 Å². The van der Waals surface area contributed by atoms with Gasteiger partial charge < -0.3 is 5.11 Å². The number of thiophene rings is 1. The molecular weight excluding hydrogens is 466 g/mol. The zero-order valence-electron chi connectivity index (χ0n) is 15.9. The summed E-state index contributed by atoms with van der Waals surface area (Å²) in [6.45, 7) is 0.353. The third-order valence-corrected chi connectivity index (χ3v) is 6.46. The van der Waals surface area contributed by atoms with E-state index in [9.17, 15) is 23.2 Å². The first-order chi connectivity index (χ1) is 14.8. The summed E-state index contributed by atoms with van der Waals surface area (Å²) in [5, 5.41) is 11.6. The van der Waals surface area contributed by atoms with Gasteiger partial charge in [0.2, 0.25) is 5.78 Å². The predicted octanol–water partition coefficient (Wildman–Crippen LogP) is 4.22. The van der Waals surface area contributed by atoms with Crippen LogP contribution in [-0.4, -0.2) is 38.6 Å². The van der Waals surface area contributed by atoms with E-state index in [0.717, 1.165) is 28.8 Å². The Morgan fingerprint density at radius 3 is 2.65 bits per heavy atom. The lowest BCUT2D eigenvalue weighted by atomic mass is 10.1. The van der Waals surface area contributed by atoms with Gasteiger partial charge in [-0.25, -0.2) is 24.0 Å². The second-order valence-corrected chi connectivity index (χ2v) is 9.10. The molecule has 0 atom stereocenters. The molecule has 162 valence electrons. The van der Waals surface area contributed by atoms with E-state index in [4.69, 9.17) is 17.3 Å². The van der Waals surface area contributed by atoms with Crippen LogP contribution < -0.4 is 5.43 Å². The average Bonchev–Trinajstić information content (AvgIpc) is 3.29. The molecule has 1 aliphatic rings. The van der Waals surface area contributed by atoms with E-state index >= 15 is 0 Å². The molecule has 1 saturated heterocycles. The number of carbonyl (C=O) groups is 3. The molecule has 1 amide bonds. The maximum atomic E-state index is 13.5. The van der Waals surface area contributed by atoms with Gasteiger partial charge in [0.25, 0.3) is 5.91 Å². The Hall–Kier alpha value is -2.47. The molecule has 6 nitrogen and oxygen atoms in total. The van der Waals surface area contributed by atoms with Crippen molar-refractivity contribution in [3.05, 3.63) is 51.1 Å². The van der Waals surface area contributed by atoms with Crippen LogP contribution in [0.4, 0.5) is 8.78 Å². The summed E-state index contributed by atoms with van der Waals surface area (Å²) in [5.74, 6) is -4.45. The van der Waals surface area contributed by atoms with E-state index in [2.05, 4.69) is 5.43 Å². The van der Waals surface area contributed by atoms with Crippen molar-refractivity contribution in [1.29, 1.82) is 0 Å². The van der Waals surface area contributed by atoms with E-state index in [0.29, 0.717) is 39.7 Å². The molecule has 1 aromatic carbocycles. The highest BCUT2D eigenvalue weighted by Crippen LogP contribution is 2.34. The van der Waals surface area contributed by atoms with Crippen molar-refractivity contribution >= 4 is 63.4 Å². The van der Waals surface area contributed by atoms with Gasteiger partial charge in [0.1, 0.15) is 0 Å². The number of rotatable bonds is 9. The molecular formula is C20H16F2N2O4S3. The van der Waals surface area contributed by atoms with Gasteiger partial charge in [0.05, 0.1) is 4.91 Å². The van der Waals surface area contributed by atoms with Gasteiger partial charge in [-0.2, -0.15) is 0 Å². The summed E-state index contributed by atoms with van der Waals surface area (Å²) in [6, 6.07) is 5.44. The van der Waals surface area contributed by atoms with Crippen molar-refractivity contribution in [3.8, 4) is 11.1 Å². The normalized spacial score (nSPS) is 15.2. The Bertz CT molecular complexity index is 1080. The summed E-state index contributed by atoms with van der Waals surface area (Å²) >= 11 is 7.72. The monoisotopic (exact) mass is 482 g/mol. The number of carbonyl (C=O) groups excluding carboxylic acids is 2. The number of hydrazine groups is 1. The van der Waals surface area contributed by atoms with Crippen LogP contribution in [0.5, 0.6) is 0 Å². The Labute approximate surface area is 189 Å². The first kappa shape index (κ1) is 23.2. The van der Waals surface area contributed by atoms with Gasteiger partial charge in [-0.05, 0) is 53.6 Å². The Morgan fingerprint density at radius 2 is 1.94 bits per heavy atom. The highest BCUT2D eigenvalue weighted by Gasteiger charge is 2.32. The number of hydrogen-bond acceptors (Lipinski definition) is 7. The molecule has 1 aromatic heterocycles. The Kier molecular flexibility index (Phi) is 7.65. The zero-order valence-corrected chi connectivity index (χ0v) is 18.3. The van der Waals surface area contributed by atoms with E-state index in [1.54, 1.807) is 17.5 Å². The van der Waals surface area contributed by atoms with Crippen LogP contribution in [0.3, 0.4) is 0 Å². The number of unbranched alkanes of at least 4 members (excludes halogenated alkanes) is 1. The van der Waals surface area contributed by atoms with Crippen molar-refractivity contribution < 1.29 is 28.3 Å². The third kappa shape index (κ3) is 5.82. The fourth-order valence-corrected chi connectivity index (χ4v) is 4.83. The lowest BCUT2D eigenvalue weighted by molar-refractivity contribution is -0.149. The van der Waals surface area contributed by atoms with Crippen molar-refractivity contribution in [1.82, 2.24) is 10.4 Å². The van der Waals surface area contributed by atoms with Gasteiger partial charge >= 0.3 is 5.97 Å². The second-order valence-electron chi connectivity index (χ2n) is 6.48. The second kappa shape index (κ2) is 10.2. The van der Waals surface area contributed by atoms with E-state index in [1.807, 2.05) is 0 Å². The predicted molar refractivity (Wildman–Crippen MR) is 119 cm³/mol. The smallest absolute Gasteiger partial charge is 0.372 e. The lowest BCUT2D eigenvalue weighted by Crippen LogP contribution is -2.41. The molecule has 0 bridgehead atoms. The quantitative estimate of drug-likeness (QED) is 0.239. The summed E-state index contributed by atoms with van der Waals surface area (Å²) in [4.78, 5) is 35.3. The maximum absolute atomic E-state index is 13.5. The average molecular weight is 483 g/mol. The topological polar surface area (TPSA) is 86.7 Å². The van der Waals surface area contributed by atoms with Crippen molar-refractivity contribution in [3.63, 3.8) is 0 Å². The van der Waals surface area contributed by atoms with Crippen LogP contribution in [0.15, 0.2) is 34.6 Å². The van der Waals surface area contributed by atoms with E-state index in [1.165, 1.54) is 22.4 Å². The minimum absolute atomic E-state index is 0.0615. The Morgan fingerprint density at radius 1 is 1.16 bits per heavy atom. The van der Waals surface area contributed by atoms with Gasteiger partial charge in [0, 0.05) is 17.8 Å². The van der Waals surface area contributed by atoms with Crippen LogP contribution >= 0.6 is 35.3 Å². The number of nitrogens with one attached hydrogen (secondary N) is 1. The molecule has 2 aromatic rings. The number of aliphatic carboxylic acids is 1. The highest BCUT2D eigenvalue weighted by atomic mass is 32.2. The molecule has 0 unspecified atom stereocenters. The number of halogens is 2. The third-order valence-electron chi connectivity index (χ3n) is 4.28. The molecule has 0 spiro atoms. The zero-order chi connectivity index (χ0) is 22.5. The number of nitrogens with zero attached hydrogens (tertiary/aromatic N) is 1. The van der Waals surface area contributed by atoms with Crippen LogP contribution in [0, 0.1) is 11.6 Å². The molecule has 0 radical (unpaired) electrons. The number of amides is 1. The number of thioether (sulfide) groups is 1. The number of ketones is 1. The Balaban J connectivity index is 1.59. The van der Waals surface area contributed by atoms with Gasteiger partial charge in [-0.1, -0.05) is 30.0 Å².